The Labute approximate surface area is 90.4 Å². The molecule has 0 fully saturated rings. The van der Waals surface area contributed by atoms with Gasteiger partial charge in [-0.25, -0.2) is 4.39 Å². The minimum absolute atomic E-state index is 0.162. The summed E-state index contributed by atoms with van der Waals surface area (Å²) in [6.45, 7) is 5.43. The highest BCUT2D eigenvalue weighted by Gasteiger charge is 2.02. The van der Waals surface area contributed by atoms with Gasteiger partial charge in [-0.05, 0) is 36.6 Å². The molecule has 2 nitrogen and oxygen atoms in total. The van der Waals surface area contributed by atoms with Gasteiger partial charge >= 0.3 is 0 Å². The number of halogens is 1. The molecule has 0 bridgehead atoms. The first kappa shape index (κ1) is 12.0. The zero-order chi connectivity index (χ0) is 11.3. The van der Waals surface area contributed by atoms with Crippen molar-refractivity contribution in [3.63, 3.8) is 0 Å². The van der Waals surface area contributed by atoms with Crippen molar-refractivity contribution in [1.82, 2.24) is 0 Å². The summed E-state index contributed by atoms with van der Waals surface area (Å²) in [6, 6.07) is 5.05. The Morgan fingerprint density at radius 3 is 2.80 bits per heavy atom. The van der Waals surface area contributed by atoms with Crippen LogP contribution in [0.1, 0.15) is 12.5 Å². The van der Waals surface area contributed by atoms with E-state index in [9.17, 15) is 4.39 Å². The second-order valence-electron chi connectivity index (χ2n) is 3.91. The van der Waals surface area contributed by atoms with Gasteiger partial charge in [0.25, 0.3) is 0 Å². The molecular formula is C12H18FNO. The molecule has 84 valence electrons. The van der Waals surface area contributed by atoms with Crippen LogP contribution in [0.4, 0.5) is 10.1 Å². The van der Waals surface area contributed by atoms with Gasteiger partial charge < -0.3 is 10.1 Å². The van der Waals surface area contributed by atoms with Gasteiger partial charge in [-0.2, -0.15) is 0 Å². The number of hydrogen-bond donors (Lipinski definition) is 1. The third-order valence-electron chi connectivity index (χ3n) is 2.26. The fourth-order valence-corrected chi connectivity index (χ4v) is 1.39. The standard InChI is InChI=1S/C12H18FNO/c1-9(8-15-3)7-14-11-4-5-12(13)10(2)6-11/h4-6,9,14H,7-8H2,1-3H3. The van der Waals surface area contributed by atoms with E-state index in [1.54, 1.807) is 20.1 Å². The van der Waals surface area contributed by atoms with Gasteiger partial charge in [0, 0.05) is 19.3 Å². The van der Waals surface area contributed by atoms with Gasteiger partial charge in [0.05, 0.1) is 6.61 Å². The van der Waals surface area contributed by atoms with Crippen LogP contribution in [0.3, 0.4) is 0 Å². The number of nitrogens with one attached hydrogen (secondary N) is 1. The second-order valence-corrected chi connectivity index (χ2v) is 3.91. The largest absolute Gasteiger partial charge is 0.385 e. The summed E-state index contributed by atoms with van der Waals surface area (Å²) in [7, 11) is 1.69. The molecule has 0 aliphatic heterocycles. The van der Waals surface area contributed by atoms with E-state index < -0.39 is 0 Å². The van der Waals surface area contributed by atoms with Crippen LogP contribution in [0.25, 0.3) is 0 Å². The van der Waals surface area contributed by atoms with Crippen LogP contribution in [0.5, 0.6) is 0 Å². The topological polar surface area (TPSA) is 21.3 Å². The molecule has 1 N–H and O–H groups in total. The second kappa shape index (κ2) is 5.71. The van der Waals surface area contributed by atoms with Crippen LogP contribution in [-0.4, -0.2) is 20.3 Å². The molecule has 0 spiro atoms. The maximum atomic E-state index is 13.0. The van der Waals surface area contributed by atoms with Crippen LogP contribution >= 0.6 is 0 Å². The van der Waals surface area contributed by atoms with Crippen molar-refractivity contribution >= 4 is 5.69 Å². The predicted octanol–water partition coefficient (Wildman–Crippen LogP) is 2.83. The van der Waals surface area contributed by atoms with Crippen LogP contribution < -0.4 is 5.32 Å². The minimum atomic E-state index is -0.162. The summed E-state index contributed by atoms with van der Waals surface area (Å²) in [5.41, 5.74) is 1.62. The molecule has 1 unspecified atom stereocenters. The maximum absolute atomic E-state index is 13.0. The lowest BCUT2D eigenvalue weighted by molar-refractivity contribution is 0.164. The molecule has 1 atom stereocenters. The first-order valence-electron chi connectivity index (χ1n) is 5.12. The highest BCUT2D eigenvalue weighted by Crippen LogP contribution is 2.13. The highest BCUT2D eigenvalue weighted by molar-refractivity contribution is 5.45. The van der Waals surface area contributed by atoms with Gasteiger partial charge in [-0.1, -0.05) is 6.92 Å². The summed E-state index contributed by atoms with van der Waals surface area (Å²) in [5.74, 6) is 0.283. The monoisotopic (exact) mass is 211 g/mol. The zero-order valence-corrected chi connectivity index (χ0v) is 9.51. The number of ether oxygens (including phenoxy) is 1. The van der Waals surface area contributed by atoms with Crippen molar-refractivity contribution < 1.29 is 9.13 Å². The lowest BCUT2D eigenvalue weighted by atomic mass is 10.1. The number of anilines is 1. The fraction of sp³-hybridized carbons (Fsp3) is 0.500. The quantitative estimate of drug-likeness (QED) is 0.808. The molecular weight excluding hydrogens is 193 g/mol. The molecule has 0 aliphatic carbocycles. The Kier molecular flexibility index (Phi) is 4.56. The molecule has 0 aliphatic rings. The van der Waals surface area contributed by atoms with Crippen molar-refractivity contribution in [2.75, 3.05) is 25.6 Å². The van der Waals surface area contributed by atoms with Crippen molar-refractivity contribution in [3.8, 4) is 0 Å². The molecule has 15 heavy (non-hydrogen) atoms. The lowest BCUT2D eigenvalue weighted by Gasteiger charge is -2.13. The number of methoxy groups -OCH3 is 1. The van der Waals surface area contributed by atoms with Crippen molar-refractivity contribution in [2.45, 2.75) is 13.8 Å². The maximum Gasteiger partial charge on any atom is 0.126 e. The summed E-state index contributed by atoms with van der Waals surface area (Å²) < 4.78 is 18.0. The lowest BCUT2D eigenvalue weighted by Crippen LogP contribution is -2.15. The Morgan fingerprint density at radius 1 is 1.47 bits per heavy atom. The molecule has 0 saturated heterocycles. The van der Waals surface area contributed by atoms with E-state index in [0.29, 0.717) is 11.5 Å². The smallest absolute Gasteiger partial charge is 0.126 e. The van der Waals surface area contributed by atoms with E-state index in [1.807, 2.05) is 6.07 Å². The molecule has 3 heteroatoms. The molecule has 1 aromatic carbocycles. The SMILES string of the molecule is COCC(C)CNc1ccc(F)c(C)c1. The van der Waals surface area contributed by atoms with Gasteiger partial charge in [-0.3, -0.25) is 0 Å². The minimum Gasteiger partial charge on any atom is -0.385 e. The molecule has 0 saturated carbocycles. The van der Waals surface area contributed by atoms with E-state index >= 15 is 0 Å². The van der Waals surface area contributed by atoms with Gasteiger partial charge in [0.15, 0.2) is 0 Å². The molecule has 1 rings (SSSR count). The molecule has 0 heterocycles. The Hall–Kier alpha value is -1.09. The summed E-state index contributed by atoms with van der Waals surface area (Å²) in [5, 5.41) is 3.25. The summed E-state index contributed by atoms with van der Waals surface area (Å²) >= 11 is 0. The van der Waals surface area contributed by atoms with Gasteiger partial charge in [0.1, 0.15) is 5.82 Å². The Morgan fingerprint density at radius 2 is 2.20 bits per heavy atom. The van der Waals surface area contributed by atoms with Crippen molar-refractivity contribution in [1.29, 1.82) is 0 Å². The van der Waals surface area contributed by atoms with Gasteiger partial charge in [-0.15, -0.1) is 0 Å². The predicted molar refractivity (Wildman–Crippen MR) is 60.7 cm³/mol. The van der Waals surface area contributed by atoms with E-state index in [1.165, 1.54) is 6.07 Å². The van der Waals surface area contributed by atoms with Crippen LogP contribution in [-0.2, 0) is 4.74 Å². The number of benzene rings is 1. The highest BCUT2D eigenvalue weighted by atomic mass is 19.1. The van der Waals surface area contributed by atoms with Crippen LogP contribution in [0, 0.1) is 18.7 Å². The molecule has 0 amide bonds. The normalized spacial score (nSPS) is 12.5. The van der Waals surface area contributed by atoms with Crippen LogP contribution in [0.15, 0.2) is 18.2 Å². The fourth-order valence-electron chi connectivity index (χ4n) is 1.39. The third kappa shape index (κ3) is 3.88. The average molecular weight is 211 g/mol. The Balaban J connectivity index is 2.47. The number of aryl methyl sites for hydroxylation is 1. The number of rotatable bonds is 5. The average Bonchev–Trinajstić information content (AvgIpc) is 2.20. The van der Waals surface area contributed by atoms with Crippen molar-refractivity contribution in [2.24, 2.45) is 5.92 Å². The first-order chi connectivity index (χ1) is 7.13. The van der Waals surface area contributed by atoms with E-state index in [0.717, 1.165) is 18.8 Å². The van der Waals surface area contributed by atoms with E-state index in [-0.39, 0.29) is 5.82 Å². The zero-order valence-electron chi connectivity index (χ0n) is 9.51. The number of hydrogen-bond acceptors (Lipinski definition) is 2. The molecule has 1 aromatic rings. The van der Waals surface area contributed by atoms with Crippen LogP contribution in [0.2, 0.25) is 0 Å². The van der Waals surface area contributed by atoms with E-state index in [2.05, 4.69) is 12.2 Å². The van der Waals surface area contributed by atoms with Gasteiger partial charge in [0.2, 0.25) is 0 Å². The van der Waals surface area contributed by atoms with E-state index in [4.69, 9.17) is 4.74 Å². The first-order valence-corrected chi connectivity index (χ1v) is 5.12. The van der Waals surface area contributed by atoms with Crippen molar-refractivity contribution in [3.05, 3.63) is 29.6 Å². The molecule has 0 radical (unpaired) electrons. The summed E-state index contributed by atoms with van der Waals surface area (Å²) in [4.78, 5) is 0. The molecule has 0 aromatic heterocycles. The Bertz CT molecular complexity index is 314. The summed E-state index contributed by atoms with van der Waals surface area (Å²) in [6.07, 6.45) is 0. The third-order valence-corrected chi connectivity index (χ3v) is 2.26.